The molecule has 0 aliphatic rings. The van der Waals surface area contributed by atoms with Crippen LogP contribution in [0.2, 0.25) is 0 Å². The Hall–Kier alpha value is -1.14. The van der Waals surface area contributed by atoms with E-state index in [1.807, 2.05) is 38.1 Å². The highest BCUT2D eigenvalue weighted by Gasteiger charge is 2.08. The SMILES string of the molecule is Cc1nc(=O)n(CCNc2cccc(Br)c2)c(C)c1Br. The van der Waals surface area contributed by atoms with Crippen LogP contribution >= 0.6 is 31.9 Å². The Morgan fingerprint density at radius 2 is 2.05 bits per heavy atom. The normalized spacial score (nSPS) is 10.6. The number of aryl methyl sites for hydroxylation is 1. The zero-order valence-corrected chi connectivity index (χ0v) is 14.5. The maximum atomic E-state index is 11.9. The molecular formula is C14H15Br2N3O. The maximum absolute atomic E-state index is 11.9. The standard InChI is InChI=1S/C14H15Br2N3O/c1-9-13(16)10(2)19(14(20)18-9)7-6-17-12-5-3-4-11(15)8-12/h3-5,8,17H,6-7H2,1-2H3. The first-order valence-corrected chi connectivity index (χ1v) is 7.80. The summed E-state index contributed by atoms with van der Waals surface area (Å²) in [4.78, 5) is 15.9. The van der Waals surface area contributed by atoms with Gasteiger partial charge in [-0.1, -0.05) is 22.0 Å². The lowest BCUT2D eigenvalue weighted by molar-refractivity contribution is 0.643. The van der Waals surface area contributed by atoms with Gasteiger partial charge in [0.05, 0.1) is 10.2 Å². The Morgan fingerprint density at radius 1 is 1.30 bits per heavy atom. The van der Waals surface area contributed by atoms with Crippen LogP contribution < -0.4 is 11.0 Å². The van der Waals surface area contributed by atoms with Crippen LogP contribution in [-0.4, -0.2) is 16.1 Å². The second kappa shape index (κ2) is 6.54. The average Bonchev–Trinajstić information content (AvgIpc) is 2.40. The first-order valence-electron chi connectivity index (χ1n) is 6.22. The monoisotopic (exact) mass is 399 g/mol. The molecule has 0 aliphatic heterocycles. The molecule has 2 aromatic rings. The van der Waals surface area contributed by atoms with Crippen LogP contribution in [0.15, 0.2) is 38.0 Å². The number of rotatable bonds is 4. The molecule has 1 heterocycles. The highest BCUT2D eigenvalue weighted by molar-refractivity contribution is 9.10. The Labute approximate surface area is 134 Å². The number of hydrogen-bond donors (Lipinski definition) is 1. The molecule has 0 atom stereocenters. The van der Waals surface area contributed by atoms with Crippen molar-refractivity contribution < 1.29 is 0 Å². The smallest absolute Gasteiger partial charge is 0.348 e. The van der Waals surface area contributed by atoms with Crippen LogP contribution in [0, 0.1) is 13.8 Å². The summed E-state index contributed by atoms with van der Waals surface area (Å²) in [6.45, 7) is 4.97. The minimum atomic E-state index is -0.209. The van der Waals surface area contributed by atoms with Gasteiger partial charge < -0.3 is 5.32 Å². The molecular weight excluding hydrogens is 386 g/mol. The van der Waals surface area contributed by atoms with Gasteiger partial charge in [-0.15, -0.1) is 0 Å². The van der Waals surface area contributed by atoms with Gasteiger partial charge in [-0.05, 0) is 48.0 Å². The van der Waals surface area contributed by atoms with Gasteiger partial charge >= 0.3 is 5.69 Å². The van der Waals surface area contributed by atoms with E-state index >= 15 is 0 Å². The van der Waals surface area contributed by atoms with Crippen LogP contribution in [0.5, 0.6) is 0 Å². The first-order chi connectivity index (χ1) is 9.49. The van der Waals surface area contributed by atoms with E-state index < -0.39 is 0 Å². The van der Waals surface area contributed by atoms with Gasteiger partial charge in [0.25, 0.3) is 0 Å². The van der Waals surface area contributed by atoms with Crippen molar-refractivity contribution in [2.45, 2.75) is 20.4 Å². The molecule has 2 rings (SSSR count). The number of aromatic nitrogens is 2. The first kappa shape index (κ1) is 15.3. The fourth-order valence-corrected chi connectivity index (χ4v) is 2.65. The molecule has 0 amide bonds. The van der Waals surface area contributed by atoms with E-state index in [-0.39, 0.29) is 5.69 Å². The Kier molecular flexibility index (Phi) is 4.99. The summed E-state index contributed by atoms with van der Waals surface area (Å²) in [6, 6.07) is 7.93. The van der Waals surface area contributed by atoms with E-state index in [4.69, 9.17) is 0 Å². The van der Waals surface area contributed by atoms with E-state index in [1.165, 1.54) is 0 Å². The quantitative estimate of drug-likeness (QED) is 0.854. The highest BCUT2D eigenvalue weighted by Crippen LogP contribution is 2.17. The molecule has 0 saturated heterocycles. The molecule has 0 saturated carbocycles. The maximum Gasteiger partial charge on any atom is 0.348 e. The van der Waals surface area contributed by atoms with Crippen molar-refractivity contribution in [3.8, 4) is 0 Å². The topological polar surface area (TPSA) is 46.9 Å². The van der Waals surface area contributed by atoms with E-state index in [2.05, 4.69) is 42.2 Å². The van der Waals surface area contributed by atoms with Crippen molar-refractivity contribution in [2.75, 3.05) is 11.9 Å². The third-order valence-corrected chi connectivity index (χ3v) is 4.66. The Bertz CT molecular complexity index is 683. The lowest BCUT2D eigenvalue weighted by atomic mass is 10.3. The summed E-state index contributed by atoms with van der Waals surface area (Å²) in [7, 11) is 0. The summed E-state index contributed by atoms with van der Waals surface area (Å²) in [5, 5.41) is 3.29. The van der Waals surface area contributed by atoms with E-state index in [9.17, 15) is 4.79 Å². The second-order valence-electron chi connectivity index (χ2n) is 4.47. The van der Waals surface area contributed by atoms with Gasteiger partial charge in [0.2, 0.25) is 0 Å². The fourth-order valence-electron chi connectivity index (χ4n) is 1.95. The summed E-state index contributed by atoms with van der Waals surface area (Å²) in [5.74, 6) is 0. The Balaban J connectivity index is 2.09. The highest BCUT2D eigenvalue weighted by atomic mass is 79.9. The molecule has 1 aromatic carbocycles. The summed E-state index contributed by atoms with van der Waals surface area (Å²) in [5.41, 5.74) is 2.44. The molecule has 20 heavy (non-hydrogen) atoms. The number of hydrogen-bond acceptors (Lipinski definition) is 3. The van der Waals surface area contributed by atoms with Gasteiger partial charge in [-0.2, -0.15) is 4.98 Å². The number of nitrogens with zero attached hydrogens (tertiary/aromatic N) is 2. The summed E-state index contributed by atoms with van der Waals surface area (Å²) in [6.07, 6.45) is 0. The van der Waals surface area contributed by atoms with Crippen LogP contribution in [0.1, 0.15) is 11.4 Å². The lowest BCUT2D eigenvalue weighted by Crippen LogP contribution is -2.29. The summed E-state index contributed by atoms with van der Waals surface area (Å²) >= 11 is 6.89. The van der Waals surface area contributed by atoms with Gasteiger partial charge in [0.1, 0.15) is 0 Å². The van der Waals surface area contributed by atoms with Gasteiger partial charge in [0, 0.05) is 28.9 Å². The molecule has 0 radical (unpaired) electrons. The molecule has 106 valence electrons. The average molecular weight is 401 g/mol. The van der Waals surface area contributed by atoms with Crippen LogP contribution in [0.4, 0.5) is 5.69 Å². The van der Waals surface area contributed by atoms with E-state index in [1.54, 1.807) is 4.57 Å². The van der Waals surface area contributed by atoms with Crippen molar-refractivity contribution >= 4 is 37.5 Å². The predicted octanol–water partition coefficient (Wildman–Crippen LogP) is 3.50. The molecule has 0 bridgehead atoms. The zero-order valence-electron chi connectivity index (χ0n) is 11.3. The molecule has 1 aromatic heterocycles. The van der Waals surface area contributed by atoms with Crippen molar-refractivity contribution in [3.05, 3.63) is 55.1 Å². The number of nitrogens with one attached hydrogen (secondary N) is 1. The molecule has 0 spiro atoms. The van der Waals surface area contributed by atoms with Crippen molar-refractivity contribution in [1.82, 2.24) is 9.55 Å². The molecule has 0 fully saturated rings. The minimum absolute atomic E-state index is 0.209. The summed E-state index contributed by atoms with van der Waals surface area (Å²) < 4.78 is 3.58. The Morgan fingerprint density at radius 3 is 2.75 bits per heavy atom. The number of halogens is 2. The van der Waals surface area contributed by atoms with Crippen LogP contribution in [0.3, 0.4) is 0 Å². The third-order valence-electron chi connectivity index (χ3n) is 3.02. The van der Waals surface area contributed by atoms with Crippen molar-refractivity contribution in [2.24, 2.45) is 0 Å². The largest absolute Gasteiger partial charge is 0.383 e. The fraction of sp³-hybridized carbons (Fsp3) is 0.286. The molecule has 6 heteroatoms. The van der Waals surface area contributed by atoms with Crippen LogP contribution in [-0.2, 0) is 6.54 Å². The lowest BCUT2D eigenvalue weighted by Gasteiger charge is -2.13. The zero-order chi connectivity index (χ0) is 14.7. The van der Waals surface area contributed by atoms with Crippen molar-refractivity contribution in [1.29, 1.82) is 0 Å². The second-order valence-corrected chi connectivity index (χ2v) is 6.18. The van der Waals surface area contributed by atoms with E-state index in [0.717, 1.165) is 26.0 Å². The third kappa shape index (κ3) is 3.49. The van der Waals surface area contributed by atoms with Crippen LogP contribution in [0.25, 0.3) is 0 Å². The molecule has 0 unspecified atom stereocenters. The predicted molar refractivity (Wildman–Crippen MR) is 88.3 cm³/mol. The van der Waals surface area contributed by atoms with E-state index in [0.29, 0.717) is 13.1 Å². The van der Waals surface area contributed by atoms with Gasteiger partial charge in [-0.25, -0.2) is 4.79 Å². The van der Waals surface area contributed by atoms with Gasteiger partial charge in [-0.3, -0.25) is 4.57 Å². The minimum Gasteiger partial charge on any atom is -0.383 e. The molecule has 0 aliphatic carbocycles. The van der Waals surface area contributed by atoms with Crippen molar-refractivity contribution in [3.63, 3.8) is 0 Å². The number of benzene rings is 1. The molecule has 1 N–H and O–H groups in total. The molecule has 4 nitrogen and oxygen atoms in total. The van der Waals surface area contributed by atoms with Gasteiger partial charge in [0.15, 0.2) is 0 Å². The number of anilines is 1.